The first kappa shape index (κ1) is 41.2. The van der Waals surface area contributed by atoms with Gasteiger partial charge in [-0.2, -0.15) is 12.6 Å². The predicted molar refractivity (Wildman–Crippen MR) is 240 cm³/mol. The van der Waals surface area contributed by atoms with Crippen LogP contribution in [0.2, 0.25) is 0 Å². The summed E-state index contributed by atoms with van der Waals surface area (Å²) in [5.74, 6) is 4.30. The van der Waals surface area contributed by atoms with E-state index < -0.39 is 0 Å². The van der Waals surface area contributed by atoms with Gasteiger partial charge in [0.25, 0.3) is 11.8 Å². The SMILES string of the molecule is C=C=Nc1cc(OCc2cc(OCCCC(C)(C)S)cc(COc3cc4c(cc3OC)C(=O)N3c5ccccc5C[C@H]3C=N4)n2)c(OC)cc1C(=O)N1CCc2ccccc21. The lowest BCUT2D eigenvalue weighted by Gasteiger charge is -2.22. The zero-order valence-corrected chi connectivity index (χ0v) is 35.5. The molecule has 312 valence electrons. The topological polar surface area (TPSA) is 124 Å². The Morgan fingerprint density at radius 3 is 2.26 bits per heavy atom. The molecule has 1 aromatic heterocycles. The molecule has 4 aromatic carbocycles. The number of thiol groups is 1. The number of methoxy groups -OCH3 is 2. The maximum atomic E-state index is 13.9. The van der Waals surface area contributed by atoms with E-state index in [0.29, 0.717) is 82.2 Å². The number of benzene rings is 4. The van der Waals surface area contributed by atoms with E-state index in [2.05, 4.69) is 43.9 Å². The molecule has 61 heavy (non-hydrogen) atoms. The number of aliphatic imine (C=N–C) groups is 2. The van der Waals surface area contributed by atoms with Crippen molar-refractivity contribution in [3.05, 3.63) is 125 Å². The first-order valence-electron chi connectivity index (χ1n) is 20.2. The fourth-order valence-electron chi connectivity index (χ4n) is 7.90. The highest BCUT2D eigenvalue weighted by Crippen LogP contribution is 2.42. The van der Waals surface area contributed by atoms with Crippen molar-refractivity contribution in [2.45, 2.75) is 63.5 Å². The summed E-state index contributed by atoms with van der Waals surface area (Å²) in [6.45, 7) is 8.89. The van der Waals surface area contributed by atoms with Crippen molar-refractivity contribution in [2.75, 3.05) is 37.2 Å². The van der Waals surface area contributed by atoms with Crippen LogP contribution in [0, 0.1) is 0 Å². The highest BCUT2D eigenvalue weighted by atomic mass is 32.1. The predicted octanol–water partition coefficient (Wildman–Crippen LogP) is 9.10. The number of ether oxygens (including phenoxy) is 5. The molecule has 0 saturated carbocycles. The van der Waals surface area contributed by atoms with E-state index in [0.717, 1.165) is 41.8 Å². The Hall–Kier alpha value is -6.56. The molecule has 3 aliphatic rings. The van der Waals surface area contributed by atoms with Crippen molar-refractivity contribution in [3.8, 4) is 28.7 Å². The van der Waals surface area contributed by atoms with Crippen LogP contribution in [0.25, 0.3) is 0 Å². The molecule has 0 fully saturated rings. The molecule has 0 N–H and O–H groups in total. The number of carbonyl (C=O) groups excluding carboxylic acids is 2. The second-order valence-electron chi connectivity index (χ2n) is 15.6. The number of aromatic nitrogens is 1. The summed E-state index contributed by atoms with van der Waals surface area (Å²) in [6, 6.07) is 26.0. The van der Waals surface area contributed by atoms with Gasteiger partial charge in [0.2, 0.25) is 0 Å². The number of nitrogens with zero attached hydrogens (tertiary/aromatic N) is 5. The summed E-state index contributed by atoms with van der Waals surface area (Å²) < 4.78 is 30.3. The molecule has 1 atom stereocenters. The van der Waals surface area contributed by atoms with Crippen LogP contribution in [0.15, 0.2) is 101 Å². The molecule has 0 saturated heterocycles. The maximum Gasteiger partial charge on any atom is 0.261 e. The van der Waals surface area contributed by atoms with Gasteiger partial charge in [0, 0.05) is 59.6 Å². The van der Waals surface area contributed by atoms with Crippen LogP contribution >= 0.6 is 12.6 Å². The summed E-state index contributed by atoms with van der Waals surface area (Å²) >= 11 is 4.66. The summed E-state index contributed by atoms with van der Waals surface area (Å²) in [5, 5.41) is 0. The zero-order chi connectivity index (χ0) is 42.7. The number of hydrogen-bond acceptors (Lipinski definition) is 11. The van der Waals surface area contributed by atoms with Gasteiger partial charge in [-0.3, -0.25) is 24.5 Å². The van der Waals surface area contributed by atoms with Crippen molar-refractivity contribution >= 4 is 59.3 Å². The average molecular weight is 838 g/mol. The molecule has 0 bridgehead atoms. The van der Waals surface area contributed by atoms with Gasteiger partial charge in [-0.15, -0.1) is 0 Å². The van der Waals surface area contributed by atoms with Crippen molar-refractivity contribution < 1.29 is 33.3 Å². The van der Waals surface area contributed by atoms with Gasteiger partial charge in [-0.25, -0.2) is 4.99 Å². The molecule has 5 aromatic rings. The van der Waals surface area contributed by atoms with Gasteiger partial charge in [-0.05, 0) is 67.1 Å². The summed E-state index contributed by atoms with van der Waals surface area (Å²) in [6.07, 6.45) is 4.94. The second-order valence-corrected chi connectivity index (χ2v) is 16.8. The Bertz CT molecular complexity index is 2580. The van der Waals surface area contributed by atoms with E-state index in [1.807, 2.05) is 66.9 Å². The highest BCUT2D eigenvalue weighted by molar-refractivity contribution is 7.81. The summed E-state index contributed by atoms with van der Waals surface area (Å²) in [7, 11) is 3.06. The van der Waals surface area contributed by atoms with E-state index in [1.165, 1.54) is 14.2 Å². The number of para-hydroxylation sites is 2. The molecular formula is C48H47N5O7S. The van der Waals surface area contributed by atoms with Crippen LogP contribution < -0.4 is 33.5 Å². The molecule has 12 nitrogen and oxygen atoms in total. The van der Waals surface area contributed by atoms with E-state index in [-0.39, 0.29) is 35.8 Å². The van der Waals surface area contributed by atoms with Gasteiger partial charge < -0.3 is 28.6 Å². The minimum absolute atomic E-state index is 0.0219. The lowest BCUT2D eigenvalue weighted by atomic mass is 10.1. The monoisotopic (exact) mass is 837 g/mol. The van der Waals surface area contributed by atoms with Crippen LogP contribution in [0.1, 0.15) is 69.9 Å². The number of carbonyl (C=O) groups is 2. The van der Waals surface area contributed by atoms with Gasteiger partial charge in [-0.1, -0.05) is 50.2 Å². The van der Waals surface area contributed by atoms with Crippen LogP contribution in [0.5, 0.6) is 28.7 Å². The third-order valence-corrected chi connectivity index (χ3v) is 11.1. The summed E-state index contributed by atoms with van der Waals surface area (Å²) in [5.41, 5.74) is 6.70. The summed E-state index contributed by atoms with van der Waals surface area (Å²) in [4.78, 5) is 45.4. The first-order valence-corrected chi connectivity index (χ1v) is 20.6. The van der Waals surface area contributed by atoms with Gasteiger partial charge >= 0.3 is 0 Å². The molecule has 4 heterocycles. The molecule has 0 spiro atoms. The minimum Gasteiger partial charge on any atom is -0.493 e. The lowest BCUT2D eigenvalue weighted by molar-refractivity contribution is 0.0980. The quantitative estimate of drug-likeness (QED) is 0.0630. The van der Waals surface area contributed by atoms with E-state index in [9.17, 15) is 9.59 Å². The van der Waals surface area contributed by atoms with Crippen molar-refractivity contribution in [3.63, 3.8) is 0 Å². The molecule has 0 unspecified atom stereocenters. The van der Waals surface area contributed by atoms with Crippen molar-refractivity contribution in [1.29, 1.82) is 0 Å². The second kappa shape index (κ2) is 17.6. The van der Waals surface area contributed by atoms with Gasteiger partial charge in [0.05, 0.1) is 60.8 Å². The molecule has 13 heteroatoms. The average Bonchev–Trinajstić information content (AvgIpc) is 3.83. The molecule has 3 aliphatic heterocycles. The Balaban J connectivity index is 1.04. The number of rotatable bonds is 15. The Kier molecular flexibility index (Phi) is 11.9. The van der Waals surface area contributed by atoms with Crippen LogP contribution in [0.4, 0.5) is 22.7 Å². The number of fused-ring (bicyclic) bond motifs is 5. The van der Waals surface area contributed by atoms with Crippen LogP contribution in [-0.4, -0.2) is 67.0 Å². The molecule has 0 aliphatic carbocycles. The Morgan fingerprint density at radius 2 is 1.56 bits per heavy atom. The van der Waals surface area contributed by atoms with Gasteiger partial charge in [0.1, 0.15) is 19.0 Å². The Morgan fingerprint density at radius 1 is 0.885 bits per heavy atom. The Labute approximate surface area is 360 Å². The fourth-order valence-corrected chi connectivity index (χ4v) is 8.06. The van der Waals surface area contributed by atoms with E-state index in [1.54, 1.807) is 34.1 Å². The van der Waals surface area contributed by atoms with Crippen LogP contribution in [0.3, 0.4) is 0 Å². The maximum absolute atomic E-state index is 13.9. The third kappa shape index (κ3) is 8.85. The van der Waals surface area contributed by atoms with Gasteiger partial charge in [0.15, 0.2) is 23.0 Å². The van der Waals surface area contributed by atoms with Crippen molar-refractivity contribution in [1.82, 2.24) is 4.98 Å². The molecule has 2 amide bonds. The number of anilines is 2. The first-order chi connectivity index (χ1) is 29.5. The van der Waals surface area contributed by atoms with Crippen LogP contribution in [-0.2, 0) is 26.1 Å². The molecule has 0 radical (unpaired) electrons. The lowest BCUT2D eigenvalue weighted by Crippen LogP contribution is -2.37. The molecular weight excluding hydrogens is 791 g/mol. The zero-order valence-electron chi connectivity index (χ0n) is 34.6. The smallest absolute Gasteiger partial charge is 0.261 e. The highest BCUT2D eigenvalue weighted by Gasteiger charge is 2.36. The fraction of sp³-hybridized carbons (Fsp3) is 0.292. The molecule has 8 rings (SSSR count). The minimum atomic E-state index is -0.211. The normalized spacial score (nSPS) is 14.9. The van der Waals surface area contributed by atoms with E-state index in [4.69, 9.17) is 33.7 Å². The van der Waals surface area contributed by atoms with E-state index >= 15 is 0 Å². The number of pyridine rings is 1. The standard InChI is InChI=1S/C48H47N5O7S/c1-6-49-38-25-44(42(56-4)23-36(38)46(54)52-18-16-30-12-7-9-14-40(30)52)59-28-32-21-35(58-19-11-17-48(2,3)61)22-33(51-32)29-60-45-26-39-37(24-43(45)57-5)47(55)53-34(27-50-39)20-31-13-8-10-15-41(31)53/h7-10,12-15,21-27,34,61H,1,11,16-20,28-29H2,2-5H3/t34-/m0/s1. The largest absolute Gasteiger partial charge is 0.493 e. The van der Waals surface area contributed by atoms with Crippen molar-refractivity contribution in [2.24, 2.45) is 9.98 Å². The third-order valence-electron chi connectivity index (χ3n) is 10.8. The number of hydrogen-bond donors (Lipinski definition) is 1. The number of amides is 2.